The number of amides is 4. The molecule has 0 radical (unpaired) electrons. The number of benzene rings is 6. The van der Waals surface area contributed by atoms with Crippen LogP contribution in [0.3, 0.4) is 0 Å². The van der Waals surface area contributed by atoms with Crippen molar-refractivity contribution < 1.29 is 182 Å². The zero-order valence-electron chi connectivity index (χ0n) is 67.0. The first-order valence-electron chi connectivity index (χ1n) is 37.4. The minimum absolute atomic E-state index is 0.000126. The number of carbonyl (C=O) groups excluding carboxylic acids is 6. The summed E-state index contributed by atoms with van der Waals surface area (Å²) in [6.45, 7) is -3.10. The van der Waals surface area contributed by atoms with Gasteiger partial charge < -0.3 is 150 Å². The first kappa shape index (κ1) is 94.6. The molecule has 10 aromatic rings. The van der Waals surface area contributed by atoms with Crippen molar-refractivity contribution in [1.82, 2.24) is 60.3 Å². The van der Waals surface area contributed by atoms with Crippen LogP contribution in [0.1, 0.15) is 87.3 Å². The van der Waals surface area contributed by atoms with Gasteiger partial charge in [-0.05, 0) is 60.7 Å². The lowest BCUT2D eigenvalue weighted by atomic mass is 9.77. The van der Waals surface area contributed by atoms with Gasteiger partial charge in [-0.25, -0.2) is 67.3 Å². The highest BCUT2D eigenvalue weighted by Gasteiger charge is 2.59. The number of phosphoric ester groups is 2. The van der Waals surface area contributed by atoms with E-state index in [4.69, 9.17) is 134 Å². The van der Waals surface area contributed by atoms with Gasteiger partial charge in [-0.15, -0.1) is 0 Å². The molecule has 2 saturated heterocycles. The normalized spacial score (nSPS) is 20.1. The molecule has 6 aliphatic rings. The average molecular weight is 2000 g/mol. The third-order valence-electron chi connectivity index (χ3n) is 20.7. The van der Waals surface area contributed by atoms with E-state index in [1.54, 1.807) is 0 Å². The molecule has 4 aromatic heterocycles. The highest BCUT2D eigenvalue weighted by Crippen LogP contribution is 2.67. The standard InChI is InChI=1S/2C36H33Cl2N7O19P2/c1-57-18-8-16-27(21(37)24(18)46)61-28-17(9-19(58-2)25(47)22(28)38)36(16)15-7-13(3-4-14(15)34(50)63-36)32(49)40-5-6-41-35(51)62-29-20(10-59-66(55,56)64-65(52,53)54)60-33(26(29)48)45-12-44-23-30(39)42-11-43-31(23)45;1-57-18-8-16-27(21(37)24(18)46)61-28-17(9-19(58-2)25(47)22(28)38)36(16)15-7-13(3-4-14(15)34(50)63-36)32(49)40-5-6-41-35(51)62-29-26(48)20(10-59-66(55,56)64-65(52,53)54)60-33(29)45-12-44-23-30(39)42-11-43-31(23)45/h2*3-4,7-9,11-12,20,26,29,33,46-48H,5-6,10H2,1-2H3,(H,40,49)(H,41,51)(H,55,56)(H2,39,42,43)(H2,52,53,54)/t2*20-,26-,29-,33-/m11/s1. The van der Waals surface area contributed by atoms with Crippen molar-refractivity contribution in [1.29, 1.82) is 0 Å². The van der Waals surface area contributed by atoms with Crippen LogP contribution in [0.5, 0.6) is 69.0 Å². The van der Waals surface area contributed by atoms with Crippen molar-refractivity contribution in [2.24, 2.45) is 0 Å². The Hall–Kier alpha value is -12.0. The number of nitrogens with one attached hydrogen (secondary N) is 4. The maximum Gasteiger partial charge on any atom is 0.481 e. The molecule has 132 heavy (non-hydrogen) atoms. The number of fused-ring (bicyclic) bond motifs is 14. The van der Waals surface area contributed by atoms with E-state index in [-0.39, 0.29) is 182 Å². The zero-order valence-corrected chi connectivity index (χ0v) is 73.6. The summed E-state index contributed by atoms with van der Waals surface area (Å²) in [5.74, 6) is -6.69. The molecule has 10 heterocycles. The predicted molar refractivity (Wildman–Crippen MR) is 441 cm³/mol. The Kier molecular flexibility index (Phi) is 25.9. The van der Waals surface area contributed by atoms with Gasteiger partial charge in [0, 0.05) is 48.4 Å². The van der Waals surface area contributed by atoms with Crippen LogP contribution in [0.25, 0.3) is 22.3 Å². The number of phenolic OH excluding ortho intramolecular Hbond substituents is 4. The number of phosphoric acid groups is 4. The summed E-state index contributed by atoms with van der Waals surface area (Å²) in [7, 11) is -16.8. The third kappa shape index (κ3) is 17.5. The number of halogens is 4. The summed E-state index contributed by atoms with van der Waals surface area (Å²) in [5, 5.41) is 74.2. The highest BCUT2D eigenvalue weighted by atomic mass is 35.5. The summed E-state index contributed by atoms with van der Waals surface area (Å²) in [4.78, 5) is 160. The van der Waals surface area contributed by atoms with Crippen molar-refractivity contribution in [3.05, 3.63) is 162 Å². The maximum atomic E-state index is 13.7. The number of nitrogens with two attached hydrogens (primary N) is 2. The Labute approximate surface area is 755 Å². The summed E-state index contributed by atoms with van der Waals surface area (Å²) < 4.78 is 134. The van der Waals surface area contributed by atoms with Crippen LogP contribution >= 0.6 is 77.7 Å². The number of phenols is 4. The summed E-state index contributed by atoms with van der Waals surface area (Å²) in [5.41, 5.74) is 8.42. The van der Waals surface area contributed by atoms with Gasteiger partial charge in [0.1, 0.15) is 68.2 Å². The topological polar surface area (TPSA) is 749 Å². The van der Waals surface area contributed by atoms with Crippen molar-refractivity contribution in [2.45, 2.75) is 60.3 Å². The van der Waals surface area contributed by atoms with E-state index in [1.165, 1.54) is 111 Å². The predicted octanol–water partition coefficient (Wildman–Crippen LogP) is 5.44. The lowest BCUT2D eigenvalue weighted by Crippen LogP contribution is -2.42. The molecular formula is C72H66Cl4N14O38P4. The third-order valence-corrected chi connectivity index (χ3v) is 26.4. The first-order valence-corrected chi connectivity index (χ1v) is 44.9. The number of esters is 2. The fourth-order valence-corrected chi connectivity index (χ4v) is 19.1. The van der Waals surface area contributed by atoms with Crippen molar-refractivity contribution in [3.8, 4) is 69.0 Å². The Balaban J connectivity index is 0.000000202. The van der Waals surface area contributed by atoms with Gasteiger partial charge in [-0.1, -0.05) is 46.4 Å². The number of imidazole rings is 2. The lowest BCUT2D eigenvalue weighted by Gasteiger charge is -2.37. The fraction of sp³-hybridized carbons (Fsp3) is 0.278. The number of hydrogen-bond donors (Lipinski definition) is 18. The van der Waals surface area contributed by atoms with Gasteiger partial charge in [0.2, 0.25) is 0 Å². The Morgan fingerprint density at radius 3 is 1.19 bits per heavy atom. The molecule has 6 aromatic carbocycles. The van der Waals surface area contributed by atoms with Crippen molar-refractivity contribution >= 4 is 148 Å². The number of anilines is 2. The Morgan fingerprint density at radius 1 is 0.470 bits per heavy atom. The van der Waals surface area contributed by atoms with Crippen LogP contribution in [0, 0.1) is 0 Å². The van der Waals surface area contributed by atoms with Gasteiger partial charge in [0.05, 0.1) is 87.7 Å². The lowest BCUT2D eigenvalue weighted by molar-refractivity contribution is -0.0522. The monoisotopic (exact) mass is 2000 g/mol. The molecule has 2 fully saturated rings. The van der Waals surface area contributed by atoms with Gasteiger partial charge in [-0.3, -0.25) is 27.8 Å². The number of rotatable bonds is 26. The quantitative estimate of drug-likeness (QED) is 0.0139. The van der Waals surface area contributed by atoms with E-state index in [9.17, 15) is 87.5 Å². The van der Waals surface area contributed by atoms with Crippen LogP contribution in [-0.4, -0.2) is 239 Å². The number of aromatic hydroxyl groups is 4. The zero-order chi connectivity index (χ0) is 95.2. The molecular weight excluding hydrogens is 1930 g/mol. The van der Waals surface area contributed by atoms with Crippen LogP contribution < -0.4 is 61.2 Å². The molecule has 10 atom stereocenters. The second-order valence-electron chi connectivity index (χ2n) is 28.4. The molecule has 52 nitrogen and oxygen atoms in total. The van der Waals surface area contributed by atoms with E-state index < -0.39 is 164 Å². The van der Waals surface area contributed by atoms with Crippen LogP contribution in [0.4, 0.5) is 21.2 Å². The molecule has 0 saturated carbocycles. The second kappa shape index (κ2) is 36.2. The van der Waals surface area contributed by atoms with E-state index in [0.29, 0.717) is 0 Å². The van der Waals surface area contributed by atoms with Crippen LogP contribution in [0.2, 0.25) is 20.1 Å². The molecule has 0 aliphatic carbocycles. The van der Waals surface area contributed by atoms with Crippen LogP contribution in [0.15, 0.2) is 86.0 Å². The Morgan fingerprint density at radius 2 is 0.818 bits per heavy atom. The van der Waals surface area contributed by atoms with Crippen molar-refractivity contribution in [2.75, 3.05) is 79.3 Å². The Bertz CT molecular complexity index is 6520. The van der Waals surface area contributed by atoms with E-state index in [0.717, 1.165) is 12.7 Å². The summed E-state index contributed by atoms with van der Waals surface area (Å²) >= 11 is 26.3. The molecule has 6 aliphatic heterocycles. The van der Waals surface area contributed by atoms with Gasteiger partial charge >= 0.3 is 55.4 Å². The maximum absolute atomic E-state index is 13.7. The average Bonchev–Trinajstić information content (AvgIpc) is 1.48. The van der Waals surface area contributed by atoms with E-state index >= 15 is 0 Å². The summed E-state index contributed by atoms with van der Waals surface area (Å²) in [6, 6.07) is 13.3. The van der Waals surface area contributed by atoms with E-state index in [2.05, 4.69) is 68.8 Å². The minimum atomic E-state index is -5.52. The molecule has 20 N–H and O–H groups in total. The number of alkyl carbamates (subject to hydrolysis) is 2. The molecule has 60 heteroatoms. The SMILES string of the molecule is COc1cc2c(c(Cl)c1O)Oc1c(cc(OC)c(O)c1Cl)C21OC(=O)c2ccc(C(=O)NCCNC(=O)O[C@@H]3[C@H](O)[C@@H](COP(=O)(O)OP(=O)(O)O)O[C@H]3n3cnc4c(N)ncnc43)cc21.COc1cc2c(c(Cl)c1O)Oc1c(cc(OC)c(O)c1Cl)C21OC(=O)c2ccc(C(=O)NCCNC(=O)O[C@H]3[C@@H](O)[C@H](n4cnc5c(N)ncnc54)O[C@@H]3COP(=O)(O)OP(=O)(O)O)cc21. The molecule has 0 bridgehead atoms. The number of methoxy groups -OCH3 is 4. The second-order valence-corrected chi connectivity index (χ2v) is 35.6. The van der Waals surface area contributed by atoms with Gasteiger partial charge in [-0.2, -0.15) is 8.62 Å². The number of nitrogens with zero attached hydrogens (tertiary/aromatic N) is 8. The number of aliphatic hydroxyl groups is 2. The minimum Gasteiger partial charge on any atom is -0.503 e. The molecule has 700 valence electrons. The smallest absolute Gasteiger partial charge is 0.481 e. The van der Waals surface area contributed by atoms with Gasteiger partial charge in [0.15, 0.2) is 128 Å². The highest BCUT2D eigenvalue weighted by molar-refractivity contribution is 7.61. The number of carbonyl (C=O) groups is 6. The van der Waals surface area contributed by atoms with Crippen LogP contribution in [-0.2, 0) is 75.6 Å². The molecule has 2 spiro atoms. The van der Waals surface area contributed by atoms with Crippen molar-refractivity contribution in [3.63, 3.8) is 0 Å². The first-order chi connectivity index (χ1) is 62.4. The summed E-state index contributed by atoms with van der Waals surface area (Å²) in [6.07, 6.45) is -10.8. The largest absolute Gasteiger partial charge is 0.503 e. The number of hydrogen-bond acceptors (Lipinski definition) is 40. The van der Waals surface area contributed by atoms with Gasteiger partial charge in [0.25, 0.3) is 11.8 Å². The fourth-order valence-electron chi connectivity index (χ4n) is 15.0. The molecule has 4 amide bonds. The molecule has 16 rings (SSSR count). The number of aliphatic hydroxyl groups excluding tert-OH is 2. The number of nitrogen functional groups attached to an aromatic ring is 2. The number of ether oxygens (including phenoxy) is 12. The van der Waals surface area contributed by atoms with E-state index in [1.807, 2.05) is 0 Å². The number of aromatic nitrogens is 8. The molecule has 2 unspecified atom stereocenters.